The summed E-state index contributed by atoms with van der Waals surface area (Å²) in [5, 5.41) is 13.2. The van der Waals surface area contributed by atoms with Crippen molar-refractivity contribution in [3.05, 3.63) is 24.1 Å². The summed E-state index contributed by atoms with van der Waals surface area (Å²) in [4.78, 5) is 17.6. The van der Waals surface area contributed by atoms with E-state index in [2.05, 4.69) is 10.1 Å². The third kappa shape index (κ3) is 2.92. The van der Waals surface area contributed by atoms with Crippen molar-refractivity contribution < 1.29 is 23.9 Å². The number of benzene rings is 1. The number of hydrogen-bond donors (Lipinski definition) is 1. The Labute approximate surface area is 138 Å². The van der Waals surface area contributed by atoms with E-state index in [1.54, 1.807) is 0 Å². The Morgan fingerprint density at radius 3 is 3.08 bits per heavy atom. The lowest BCUT2D eigenvalue weighted by molar-refractivity contribution is -0.143. The normalized spacial score (nSPS) is 20.2. The zero-order chi connectivity index (χ0) is 16.5. The van der Waals surface area contributed by atoms with Crippen molar-refractivity contribution in [1.82, 2.24) is 15.0 Å². The molecular weight excluding hydrogens is 314 g/mol. The van der Waals surface area contributed by atoms with Gasteiger partial charge in [0.2, 0.25) is 18.5 Å². The maximum atomic E-state index is 11.1. The third-order valence-corrected chi connectivity index (χ3v) is 4.31. The predicted octanol–water partition coefficient (Wildman–Crippen LogP) is 1.76. The molecule has 1 fully saturated rings. The van der Waals surface area contributed by atoms with Gasteiger partial charge in [0.1, 0.15) is 0 Å². The van der Waals surface area contributed by atoms with Crippen molar-refractivity contribution >= 4 is 5.97 Å². The van der Waals surface area contributed by atoms with E-state index in [1.165, 1.54) is 0 Å². The number of hydrogen-bond acceptors (Lipinski definition) is 7. The quantitative estimate of drug-likeness (QED) is 0.905. The molecule has 1 aromatic heterocycles. The molecule has 4 rings (SSSR count). The number of aromatic nitrogens is 2. The molecule has 126 valence electrons. The van der Waals surface area contributed by atoms with Crippen molar-refractivity contribution in [2.75, 3.05) is 19.9 Å². The molecule has 0 bridgehead atoms. The Morgan fingerprint density at radius 2 is 2.21 bits per heavy atom. The van der Waals surface area contributed by atoms with Crippen LogP contribution in [0.25, 0.3) is 11.4 Å². The first kappa shape index (κ1) is 14.9. The molecule has 1 saturated heterocycles. The maximum absolute atomic E-state index is 11.1. The Hall–Kier alpha value is -2.61. The lowest BCUT2D eigenvalue weighted by Crippen LogP contribution is -2.38. The van der Waals surface area contributed by atoms with Gasteiger partial charge in [0.15, 0.2) is 11.5 Å². The van der Waals surface area contributed by atoms with Gasteiger partial charge in [-0.25, -0.2) is 0 Å². The van der Waals surface area contributed by atoms with Gasteiger partial charge in [-0.3, -0.25) is 9.69 Å². The van der Waals surface area contributed by atoms with Crippen LogP contribution in [-0.2, 0) is 11.3 Å². The number of piperidine rings is 1. The van der Waals surface area contributed by atoms with Crippen molar-refractivity contribution in [3.63, 3.8) is 0 Å². The van der Waals surface area contributed by atoms with Gasteiger partial charge in [0, 0.05) is 12.1 Å². The van der Waals surface area contributed by atoms with E-state index < -0.39 is 5.97 Å². The number of ether oxygens (including phenoxy) is 2. The van der Waals surface area contributed by atoms with E-state index in [4.69, 9.17) is 19.1 Å². The van der Waals surface area contributed by atoms with Crippen molar-refractivity contribution in [3.8, 4) is 22.9 Å². The summed E-state index contributed by atoms with van der Waals surface area (Å²) < 4.78 is 15.9. The maximum Gasteiger partial charge on any atom is 0.307 e. The summed E-state index contributed by atoms with van der Waals surface area (Å²) in [5.74, 6) is 1.26. The number of carboxylic acid groups (broad SMARTS) is 1. The van der Waals surface area contributed by atoms with E-state index in [-0.39, 0.29) is 12.7 Å². The van der Waals surface area contributed by atoms with E-state index in [0.29, 0.717) is 36.3 Å². The van der Waals surface area contributed by atoms with Gasteiger partial charge in [-0.1, -0.05) is 5.16 Å². The first-order valence-corrected chi connectivity index (χ1v) is 7.87. The molecule has 1 atom stereocenters. The minimum absolute atomic E-state index is 0.218. The van der Waals surface area contributed by atoms with Crippen LogP contribution in [0.15, 0.2) is 22.7 Å². The number of carboxylic acids is 1. The molecule has 1 N–H and O–H groups in total. The third-order valence-electron chi connectivity index (χ3n) is 4.31. The molecule has 8 heteroatoms. The summed E-state index contributed by atoms with van der Waals surface area (Å²) in [6.07, 6.45) is 1.58. The minimum atomic E-state index is -0.744. The summed E-state index contributed by atoms with van der Waals surface area (Å²) in [5.41, 5.74) is 0.788. The zero-order valence-electron chi connectivity index (χ0n) is 13.0. The monoisotopic (exact) mass is 331 g/mol. The zero-order valence-corrected chi connectivity index (χ0v) is 13.0. The van der Waals surface area contributed by atoms with Gasteiger partial charge < -0.3 is 19.1 Å². The molecule has 2 aromatic rings. The van der Waals surface area contributed by atoms with Gasteiger partial charge in [0.25, 0.3) is 0 Å². The number of rotatable bonds is 4. The van der Waals surface area contributed by atoms with Crippen molar-refractivity contribution in [2.24, 2.45) is 5.92 Å². The molecule has 0 radical (unpaired) electrons. The Morgan fingerprint density at radius 1 is 1.33 bits per heavy atom. The summed E-state index contributed by atoms with van der Waals surface area (Å²) in [7, 11) is 0. The minimum Gasteiger partial charge on any atom is -0.481 e. The van der Waals surface area contributed by atoms with Gasteiger partial charge in [-0.2, -0.15) is 4.98 Å². The topological polar surface area (TPSA) is 97.9 Å². The fourth-order valence-corrected chi connectivity index (χ4v) is 3.06. The van der Waals surface area contributed by atoms with Crippen LogP contribution in [0, 0.1) is 5.92 Å². The molecule has 2 aliphatic rings. The largest absolute Gasteiger partial charge is 0.481 e. The van der Waals surface area contributed by atoms with Crippen LogP contribution < -0.4 is 9.47 Å². The lowest BCUT2D eigenvalue weighted by Gasteiger charge is -2.29. The number of nitrogens with zero attached hydrogens (tertiary/aromatic N) is 3. The van der Waals surface area contributed by atoms with Crippen LogP contribution >= 0.6 is 0 Å². The van der Waals surface area contributed by atoms with Gasteiger partial charge >= 0.3 is 5.97 Å². The van der Waals surface area contributed by atoms with Crippen molar-refractivity contribution in [2.45, 2.75) is 19.4 Å². The smallest absolute Gasteiger partial charge is 0.307 e. The van der Waals surface area contributed by atoms with Crippen LogP contribution in [0.4, 0.5) is 0 Å². The SMILES string of the molecule is O=C(O)C1CCCN(Cc2nc(-c3ccc4c(c3)OCO4)no2)C1. The van der Waals surface area contributed by atoms with E-state index in [0.717, 1.165) is 24.9 Å². The average Bonchev–Trinajstić information content (AvgIpc) is 3.23. The molecule has 1 unspecified atom stereocenters. The second kappa shape index (κ2) is 6.12. The molecule has 1 aromatic carbocycles. The van der Waals surface area contributed by atoms with Crippen LogP contribution in [0.2, 0.25) is 0 Å². The van der Waals surface area contributed by atoms with E-state index in [1.807, 2.05) is 23.1 Å². The van der Waals surface area contributed by atoms with Crippen LogP contribution in [0.5, 0.6) is 11.5 Å². The van der Waals surface area contributed by atoms with Crippen LogP contribution in [0.3, 0.4) is 0 Å². The summed E-state index contributed by atoms with van der Waals surface area (Å²) in [6, 6.07) is 5.48. The Bertz CT molecular complexity index is 760. The summed E-state index contributed by atoms with van der Waals surface area (Å²) >= 11 is 0. The number of fused-ring (bicyclic) bond motifs is 1. The number of carbonyl (C=O) groups is 1. The highest BCUT2D eigenvalue weighted by Gasteiger charge is 2.26. The fraction of sp³-hybridized carbons (Fsp3) is 0.438. The Balaban J connectivity index is 1.46. The standard InChI is InChI=1S/C16H17N3O5/c20-16(21)11-2-1-5-19(7-11)8-14-17-15(18-24-14)10-3-4-12-13(6-10)23-9-22-12/h3-4,6,11H,1-2,5,7-9H2,(H,20,21). The highest BCUT2D eigenvalue weighted by atomic mass is 16.7. The lowest BCUT2D eigenvalue weighted by atomic mass is 9.98. The number of likely N-dealkylation sites (tertiary alicyclic amines) is 1. The highest BCUT2D eigenvalue weighted by Crippen LogP contribution is 2.35. The first-order valence-electron chi connectivity index (χ1n) is 7.87. The molecule has 24 heavy (non-hydrogen) atoms. The number of aliphatic carboxylic acids is 1. The molecule has 2 aliphatic heterocycles. The fourth-order valence-electron chi connectivity index (χ4n) is 3.06. The van der Waals surface area contributed by atoms with Crippen molar-refractivity contribution in [1.29, 1.82) is 0 Å². The van der Waals surface area contributed by atoms with Gasteiger partial charge in [-0.05, 0) is 37.6 Å². The predicted molar refractivity (Wildman–Crippen MR) is 81.5 cm³/mol. The van der Waals surface area contributed by atoms with Gasteiger partial charge in [0.05, 0.1) is 12.5 Å². The van der Waals surface area contributed by atoms with E-state index >= 15 is 0 Å². The van der Waals surface area contributed by atoms with E-state index in [9.17, 15) is 4.79 Å². The second-order valence-electron chi connectivity index (χ2n) is 5.99. The molecule has 0 spiro atoms. The van der Waals surface area contributed by atoms with Crippen LogP contribution in [-0.4, -0.2) is 46.0 Å². The summed E-state index contributed by atoms with van der Waals surface area (Å²) in [6.45, 7) is 2.03. The van der Waals surface area contributed by atoms with Crippen LogP contribution in [0.1, 0.15) is 18.7 Å². The molecule has 0 saturated carbocycles. The average molecular weight is 331 g/mol. The molecular formula is C16H17N3O5. The molecule has 8 nitrogen and oxygen atoms in total. The Kier molecular flexibility index (Phi) is 3.81. The second-order valence-corrected chi connectivity index (χ2v) is 5.99. The molecule has 0 amide bonds. The van der Waals surface area contributed by atoms with Gasteiger partial charge in [-0.15, -0.1) is 0 Å². The molecule has 0 aliphatic carbocycles. The molecule has 3 heterocycles. The first-order chi connectivity index (χ1) is 11.7. The highest BCUT2D eigenvalue weighted by molar-refractivity contribution is 5.70.